The van der Waals surface area contributed by atoms with Crippen LogP contribution in [-0.2, 0) is 15.6 Å². The van der Waals surface area contributed by atoms with Crippen molar-refractivity contribution in [3.05, 3.63) is 16.0 Å². The molecule has 0 radical (unpaired) electrons. The van der Waals surface area contributed by atoms with Gasteiger partial charge in [-0.15, -0.1) is 0 Å². The zero-order valence-corrected chi connectivity index (χ0v) is 14.9. The molecule has 0 amide bonds. The van der Waals surface area contributed by atoms with Crippen LogP contribution in [0, 0.1) is 0 Å². The van der Waals surface area contributed by atoms with E-state index >= 15 is 0 Å². The number of hydrogen-bond acceptors (Lipinski definition) is 5. The second kappa shape index (κ2) is 7.05. The third-order valence-electron chi connectivity index (χ3n) is 3.60. The SMILES string of the molecule is CCCNc1nc(CS(C)(=O)=O)nc(C2CCCC2)c1Br. The Balaban J connectivity index is 2.39. The molecule has 0 aliphatic heterocycles. The molecule has 1 heterocycles. The van der Waals surface area contributed by atoms with Gasteiger partial charge in [0.1, 0.15) is 17.4 Å². The van der Waals surface area contributed by atoms with Crippen LogP contribution in [0.2, 0.25) is 0 Å². The van der Waals surface area contributed by atoms with Gasteiger partial charge in [0.15, 0.2) is 9.84 Å². The molecule has 0 bridgehead atoms. The van der Waals surface area contributed by atoms with Gasteiger partial charge in [-0.2, -0.15) is 0 Å². The topological polar surface area (TPSA) is 72.0 Å². The standard InChI is InChI=1S/C14H22BrN3O2S/c1-3-8-16-14-12(15)13(10-6-4-5-7-10)17-11(18-14)9-21(2,19)20/h10H,3-9H2,1-2H3,(H,16,17,18). The van der Waals surface area contributed by atoms with Gasteiger partial charge >= 0.3 is 0 Å². The lowest BCUT2D eigenvalue weighted by molar-refractivity contribution is 0.598. The summed E-state index contributed by atoms with van der Waals surface area (Å²) in [5.41, 5.74) is 0.958. The number of halogens is 1. The van der Waals surface area contributed by atoms with Crippen LogP contribution in [0.3, 0.4) is 0 Å². The number of aromatic nitrogens is 2. The van der Waals surface area contributed by atoms with E-state index in [4.69, 9.17) is 0 Å². The summed E-state index contributed by atoms with van der Waals surface area (Å²) in [6.45, 7) is 2.88. The zero-order chi connectivity index (χ0) is 15.5. The molecule has 0 spiro atoms. The third kappa shape index (κ3) is 4.64. The lowest BCUT2D eigenvalue weighted by Gasteiger charge is -2.16. The van der Waals surface area contributed by atoms with E-state index in [9.17, 15) is 8.42 Å². The summed E-state index contributed by atoms with van der Waals surface area (Å²) < 4.78 is 24.0. The van der Waals surface area contributed by atoms with E-state index in [1.165, 1.54) is 19.1 Å². The van der Waals surface area contributed by atoms with E-state index in [1.54, 1.807) is 0 Å². The van der Waals surface area contributed by atoms with E-state index in [2.05, 4.69) is 38.1 Å². The highest BCUT2D eigenvalue weighted by atomic mass is 79.9. The van der Waals surface area contributed by atoms with Gasteiger partial charge in [0, 0.05) is 18.7 Å². The first kappa shape index (κ1) is 16.7. The summed E-state index contributed by atoms with van der Waals surface area (Å²) in [6.07, 6.45) is 6.84. The molecule has 7 heteroatoms. The van der Waals surface area contributed by atoms with Crippen LogP contribution < -0.4 is 5.32 Å². The van der Waals surface area contributed by atoms with Crippen LogP contribution in [0.25, 0.3) is 0 Å². The lowest BCUT2D eigenvalue weighted by atomic mass is 10.0. The third-order valence-corrected chi connectivity index (χ3v) is 5.16. The molecule has 0 aromatic carbocycles. The molecule has 5 nitrogen and oxygen atoms in total. The lowest BCUT2D eigenvalue weighted by Crippen LogP contribution is -2.13. The second-order valence-corrected chi connectivity index (χ2v) is 8.60. The average Bonchev–Trinajstić information content (AvgIpc) is 2.91. The molecule has 1 saturated carbocycles. The maximum atomic E-state index is 11.5. The van der Waals surface area contributed by atoms with Crippen molar-refractivity contribution in [2.24, 2.45) is 0 Å². The molecule has 1 fully saturated rings. The molecule has 0 unspecified atom stereocenters. The normalized spacial score (nSPS) is 16.3. The highest BCUT2D eigenvalue weighted by Gasteiger charge is 2.24. The Morgan fingerprint density at radius 1 is 1.29 bits per heavy atom. The van der Waals surface area contributed by atoms with Crippen molar-refractivity contribution in [1.82, 2.24) is 9.97 Å². The second-order valence-electron chi connectivity index (χ2n) is 5.67. The number of sulfone groups is 1. The maximum Gasteiger partial charge on any atom is 0.154 e. The molecule has 118 valence electrons. The van der Waals surface area contributed by atoms with Crippen LogP contribution >= 0.6 is 15.9 Å². The highest BCUT2D eigenvalue weighted by molar-refractivity contribution is 9.10. The Morgan fingerprint density at radius 3 is 2.52 bits per heavy atom. The Bertz CT molecular complexity index is 598. The van der Waals surface area contributed by atoms with E-state index in [1.807, 2.05) is 0 Å². The molecule has 0 atom stereocenters. The summed E-state index contributed by atoms with van der Waals surface area (Å²) >= 11 is 3.60. The van der Waals surface area contributed by atoms with Crippen LogP contribution in [-0.4, -0.2) is 31.2 Å². The molecule has 1 N–H and O–H groups in total. The zero-order valence-electron chi connectivity index (χ0n) is 12.5. The number of nitrogens with zero attached hydrogens (tertiary/aromatic N) is 2. The number of hydrogen-bond donors (Lipinski definition) is 1. The number of anilines is 1. The number of rotatable bonds is 6. The van der Waals surface area contributed by atoms with Gasteiger partial charge in [-0.25, -0.2) is 18.4 Å². The summed E-state index contributed by atoms with van der Waals surface area (Å²) in [7, 11) is -3.14. The summed E-state index contributed by atoms with van der Waals surface area (Å²) in [5.74, 6) is 1.40. The van der Waals surface area contributed by atoms with Gasteiger partial charge in [-0.3, -0.25) is 0 Å². The fourth-order valence-corrected chi connectivity index (χ4v) is 3.88. The van der Waals surface area contributed by atoms with Crippen molar-refractivity contribution in [2.45, 2.75) is 50.7 Å². The van der Waals surface area contributed by atoms with Crippen molar-refractivity contribution in [3.63, 3.8) is 0 Å². The molecule has 2 rings (SSSR count). The van der Waals surface area contributed by atoms with Gasteiger partial charge in [-0.1, -0.05) is 19.8 Å². The van der Waals surface area contributed by atoms with Crippen molar-refractivity contribution < 1.29 is 8.42 Å². The average molecular weight is 376 g/mol. The molecule has 1 aliphatic rings. The molecule has 0 saturated heterocycles. The van der Waals surface area contributed by atoms with Gasteiger partial charge in [0.2, 0.25) is 0 Å². The molecule has 1 aliphatic carbocycles. The van der Waals surface area contributed by atoms with Crippen LogP contribution in [0.4, 0.5) is 5.82 Å². The van der Waals surface area contributed by atoms with E-state index < -0.39 is 9.84 Å². The van der Waals surface area contributed by atoms with E-state index in [0.717, 1.165) is 36.0 Å². The summed E-state index contributed by atoms with van der Waals surface area (Å²) in [4.78, 5) is 8.91. The Kier molecular flexibility index (Phi) is 5.60. The first-order valence-electron chi connectivity index (χ1n) is 7.38. The van der Waals surface area contributed by atoms with Crippen LogP contribution in [0.1, 0.15) is 56.5 Å². The molecular weight excluding hydrogens is 354 g/mol. The quantitative estimate of drug-likeness (QED) is 0.825. The van der Waals surface area contributed by atoms with Crippen LogP contribution in [0.15, 0.2) is 4.47 Å². The maximum absolute atomic E-state index is 11.5. The van der Waals surface area contributed by atoms with Gasteiger partial charge in [0.05, 0.1) is 10.2 Å². The smallest absolute Gasteiger partial charge is 0.154 e. The fraction of sp³-hybridized carbons (Fsp3) is 0.714. The Hall–Kier alpha value is -0.690. The number of nitrogens with one attached hydrogen (secondary N) is 1. The molecule has 1 aromatic heterocycles. The first-order chi connectivity index (χ1) is 9.90. The fourth-order valence-electron chi connectivity index (χ4n) is 2.64. The minimum Gasteiger partial charge on any atom is -0.369 e. The first-order valence-corrected chi connectivity index (χ1v) is 10.2. The van der Waals surface area contributed by atoms with Gasteiger partial charge < -0.3 is 5.32 Å². The minimum absolute atomic E-state index is 0.110. The summed E-state index contributed by atoms with van der Waals surface area (Å²) in [6, 6.07) is 0. The van der Waals surface area contributed by atoms with Crippen molar-refractivity contribution in [1.29, 1.82) is 0 Å². The van der Waals surface area contributed by atoms with Crippen molar-refractivity contribution in [2.75, 3.05) is 18.1 Å². The predicted molar refractivity (Wildman–Crippen MR) is 88.3 cm³/mol. The van der Waals surface area contributed by atoms with Crippen LogP contribution in [0.5, 0.6) is 0 Å². The predicted octanol–water partition coefficient (Wildman–Crippen LogP) is 3.26. The molecule has 21 heavy (non-hydrogen) atoms. The van der Waals surface area contributed by atoms with E-state index in [-0.39, 0.29) is 5.75 Å². The highest BCUT2D eigenvalue weighted by Crippen LogP contribution is 2.38. The minimum atomic E-state index is -3.14. The van der Waals surface area contributed by atoms with Crippen molar-refractivity contribution in [3.8, 4) is 0 Å². The Labute approximate surface area is 135 Å². The van der Waals surface area contributed by atoms with E-state index in [0.29, 0.717) is 17.6 Å². The summed E-state index contributed by atoms with van der Waals surface area (Å²) in [5, 5.41) is 3.26. The monoisotopic (exact) mass is 375 g/mol. The molecule has 1 aromatic rings. The Morgan fingerprint density at radius 2 is 1.95 bits per heavy atom. The van der Waals surface area contributed by atoms with Gasteiger partial charge in [0.25, 0.3) is 0 Å². The van der Waals surface area contributed by atoms with Crippen molar-refractivity contribution >= 4 is 31.6 Å². The van der Waals surface area contributed by atoms with Gasteiger partial charge in [-0.05, 0) is 35.2 Å². The largest absolute Gasteiger partial charge is 0.369 e. The molecular formula is C14H22BrN3O2S.